The molecule has 1 aliphatic rings. The third-order valence-corrected chi connectivity index (χ3v) is 6.85. The first-order chi connectivity index (χ1) is 14.7. The van der Waals surface area contributed by atoms with Crippen molar-refractivity contribution in [2.45, 2.75) is 37.7 Å². The summed E-state index contributed by atoms with van der Waals surface area (Å²) in [6.45, 7) is 5.97. The molecule has 1 fully saturated rings. The van der Waals surface area contributed by atoms with Gasteiger partial charge in [-0.25, -0.2) is 4.98 Å². The second kappa shape index (κ2) is 9.81. The van der Waals surface area contributed by atoms with Crippen LogP contribution in [-0.4, -0.2) is 42.5 Å². The van der Waals surface area contributed by atoms with E-state index < -0.39 is 0 Å². The second-order valence-corrected chi connectivity index (χ2v) is 9.42. The predicted octanol–water partition coefficient (Wildman–Crippen LogP) is 5.63. The maximum atomic E-state index is 13.5. The van der Waals surface area contributed by atoms with Crippen molar-refractivity contribution in [1.29, 1.82) is 0 Å². The smallest absolute Gasteiger partial charge is 0.260 e. The number of amides is 1. The minimum absolute atomic E-state index is 0.0341. The second-order valence-electron chi connectivity index (χ2n) is 7.07. The van der Waals surface area contributed by atoms with Gasteiger partial charge < -0.3 is 9.47 Å². The van der Waals surface area contributed by atoms with Crippen LogP contribution >= 0.6 is 23.1 Å². The highest BCUT2D eigenvalue weighted by Gasteiger charge is 2.27. The van der Waals surface area contributed by atoms with E-state index in [1.165, 1.54) is 11.3 Å². The number of thioether (sulfide) groups is 1. The SMILES string of the molecule is CCOc1ccc2nc(N(CC3CCCO3)C(=O)c3cccc(SCC)c3)sc2c1. The van der Waals surface area contributed by atoms with Gasteiger partial charge >= 0.3 is 0 Å². The van der Waals surface area contributed by atoms with Gasteiger partial charge in [0.1, 0.15) is 5.75 Å². The molecule has 2 heterocycles. The van der Waals surface area contributed by atoms with Gasteiger partial charge in [-0.2, -0.15) is 0 Å². The van der Waals surface area contributed by atoms with Crippen molar-refractivity contribution in [3.8, 4) is 5.75 Å². The van der Waals surface area contributed by atoms with Crippen LogP contribution in [0.25, 0.3) is 10.2 Å². The maximum absolute atomic E-state index is 13.5. The summed E-state index contributed by atoms with van der Waals surface area (Å²) in [6, 6.07) is 13.7. The van der Waals surface area contributed by atoms with Crippen molar-refractivity contribution < 1.29 is 14.3 Å². The quantitative estimate of drug-likeness (QED) is 0.423. The normalized spacial score (nSPS) is 16.1. The van der Waals surface area contributed by atoms with Crippen molar-refractivity contribution in [2.24, 2.45) is 0 Å². The molecule has 0 radical (unpaired) electrons. The molecular formula is C23H26N2O3S2. The van der Waals surface area contributed by atoms with Crippen LogP contribution in [0.1, 0.15) is 37.0 Å². The first-order valence-electron chi connectivity index (χ1n) is 10.4. The van der Waals surface area contributed by atoms with Gasteiger partial charge in [0.15, 0.2) is 5.13 Å². The maximum Gasteiger partial charge on any atom is 0.260 e. The van der Waals surface area contributed by atoms with E-state index in [-0.39, 0.29) is 12.0 Å². The fourth-order valence-corrected chi connectivity index (χ4v) is 5.27. The Bertz CT molecular complexity index is 1010. The summed E-state index contributed by atoms with van der Waals surface area (Å²) < 4.78 is 12.5. The number of fused-ring (bicyclic) bond motifs is 1. The fraction of sp³-hybridized carbons (Fsp3) is 0.391. The van der Waals surface area contributed by atoms with E-state index in [1.54, 1.807) is 16.7 Å². The minimum atomic E-state index is -0.0341. The number of rotatable bonds is 8. The molecule has 1 amide bonds. The molecule has 0 bridgehead atoms. The number of carbonyl (C=O) groups excluding carboxylic acids is 1. The molecule has 1 unspecified atom stereocenters. The topological polar surface area (TPSA) is 51.7 Å². The van der Waals surface area contributed by atoms with Crippen molar-refractivity contribution in [3.05, 3.63) is 48.0 Å². The zero-order valence-corrected chi connectivity index (χ0v) is 18.9. The van der Waals surface area contributed by atoms with Crippen molar-refractivity contribution in [3.63, 3.8) is 0 Å². The molecule has 1 aliphatic heterocycles. The Labute approximate surface area is 185 Å². The Morgan fingerprint density at radius 1 is 1.30 bits per heavy atom. The molecule has 5 nitrogen and oxygen atoms in total. The van der Waals surface area contributed by atoms with Crippen LogP contribution in [0.5, 0.6) is 5.75 Å². The van der Waals surface area contributed by atoms with Gasteiger partial charge in [0.2, 0.25) is 0 Å². The van der Waals surface area contributed by atoms with E-state index in [4.69, 9.17) is 14.5 Å². The van der Waals surface area contributed by atoms with Crippen LogP contribution in [0.15, 0.2) is 47.4 Å². The van der Waals surface area contributed by atoms with Crippen molar-refractivity contribution in [2.75, 3.05) is 30.4 Å². The molecule has 1 aromatic heterocycles. The lowest BCUT2D eigenvalue weighted by Crippen LogP contribution is -2.37. The summed E-state index contributed by atoms with van der Waals surface area (Å²) in [7, 11) is 0. The lowest BCUT2D eigenvalue weighted by molar-refractivity contribution is 0.0917. The number of aromatic nitrogens is 1. The molecule has 30 heavy (non-hydrogen) atoms. The van der Waals surface area contributed by atoms with Crippen LogP contribution in [0.4, 0.5) is 5.13 Å². The van der Waals surface area contributed by atoms with Gasteiger partial charge in [-0.1, -0.05) is 24.3 Å². The van der Waals surface area contributed by atoms with E-state index >= 15 is 0 Å². The van der Waals surface area contributed by atoms with E-state index in [0.29, 0.717) is 23.8 Å². The summed E-state index contributed by atoms with van der Waals surface area (Å²) in [4.78, 5) is 21.2. The first kappa shape index (κ1) is 21.2. The number of thiazole rings is 1. The van der Waals surface area contributed by atoms with Gasteiger partial charge in [-0.3, -0.25) is 9.69 Å². The monoisotopic (exact) mass is 442 g/mol. The molecular weight excluding hydrogens is 416 g/mol. The zero-order valence-electron chi connectivity index (χ0n) is 17.3. The number of hydrogen-bond donors (Lipinski definition) is 0. The highest BCUT2D eigenvalue weighted by atomic mass is 32.2. The summed E-state index contributed by atoms with van der Waals surface area (Å²) in [5.74, 6) is 1.76. The number of nitrogens with zero attached hydrogens (tertiary/aromatic N) is 2. The zero-order chi connectivity index (χ0) is 20.9. The van der Waals surface area contributed by atoms with Crippen molar-refractivity contribution in [1.82, 2.24) is 4.98 Å². The Hall–Kier alpha value is -2.09. The average Bonchev–Trinajstić information content (AvgIpc) is 3.41. The van der Waals surface area contributed by atoms with Crippen LogP contribution in [0.3, 0.4) is 0 Å². The molecule has 0 aliphatic carbocycles. The van der Waals surface area contributed by atoms with E-state index in [2.05, 4.69) is 6.92 Å². The van der Waals surface area contributed by atoms with Gasteiger partial charge in [0.05, 0.1) is 29.5 Å². The lowest BCUT2D eigenvalue weighted by atomic mass is 10.2. The van der Waals surface area contributed by atoms with Gasteiger partial charge in [-0.05, 0) is 61.9 Å². The molecule has 2 aromatic carbocycles. The summed E-state index contributed by atoms with van der Waals surface area (Å²) in [5, 5.41) is 0.702. The molecule has 158 valence electrons. The number of benzene rings is 2. The van der Waals surface area contributed by atoms with Gasteiger partial charge in [0, 0.05) is 17.1 Å². The Morgan fingerprint density at radius 2 is 2.20 bits per heavy atom. The molecule has 1 atom stereocenters. The molecule has 0 saturated carbocycles. The van der Waals surface area contributed by atoms with Crippen molar-refractivity contribution >= 4 is 44.4 Å². The van der Waals surface area contributed by atoms with Crippen LogP contribution in [0.2, 0.25) is 0 Å². The third kappa shape index (κ3) is 4.79. The summed E-state index contributed by atoms with van der Waals surface area (Å²) in [6.07, 6.45) is 2.05. The lowest BCUT2D eigenvalue weighted by Gasteiger charge is -2.23. The fourth-order valence-electron chi connectivity index (χ4n) is 3.55. The Balaban J connectivity index is 1.67. The standard InChI is InChI=1S/C23H26N2O3S2/c1-3-27-17-10-11-20-21(14-17)30-23(24-20)25(15-18-8-6-12-28-18)22(26)16-7-5-9-19(13-16)29-4-2/h5,7,9-11,13-14,18H,3-4,6,8,12,15H2,1-2H3. The van der Waals surface area contributed by atoms with Crippen LogP contribution < -0.4 is 9.64 Å². The molecule has 0 spiro atoms. The Morgan fingerprint density at radius 3 is 2.97 bits per heavy atom. The minimum Gasteiger partial charge on any atom is -0.494 e. The summed E-state index contributed by atoms with van der Waals surface area (Å²) in [5.41, 5.74) is 1.56. The van der Waals surface area contributed by atoms with Crippen LogP contribution in [0, 0.1) is 0 Å². The average molecular weight is 443 g/mol. The largest absolute Gasteiger partial charge is 0.494 e. The third-order valence-electron chi connectivity index (χ3n) is 4.94. The predicted molar refractivity (Wildman–Crippen MR) is 124 cm³/mol. The Kier molecular flexibility index (Phi) is 6.92. The summed E-state index contributed by atoms with van der Waals surface area (Å²) >= 11 is 3.25. The van der Waals surface area contributed by atoms with Gasteiger partial charge in [-0.15, -0.1) is 11.8 Å². The molecule has 4 rings (SSSR count). The van der Waals surface area contributed by atoms with Crippen LogP contribution in [-0.2, 0) is 4.74 Å². The van der Waals surface area contributed by atoms with E-state index in [1.807, 2.05) is 49.4 Å². The highest BCUT2D eigenvalue weighted by Crippen LogP contribution is 2.33. The number of hydrogen-bond acceptors (Lipinski definition) is 6. The molecule has 7 heteroatoms. The number of carbonyl (C=O) groups is 1. The van der Waals surface area contributed by atoms with E-state index in [0.717, 1.165) is 46.1 Å². The van der Waals surface area contributed by atoms with E-state index in [9.17, 15) is 4.79 Å². The van der Waals surface area contributed by atoms with Gasteiger partial charge in [0.25, 0.3) is 5.91 Å². The molecule has 0 N–H and O–H groups in total. The highest BCUT2D eigenvalue weighted by molar-refractivity contribution is 7.99. The molecule has 1 saturated heterocycles. The number of ether oxygens (including phenoxy) is 2. The first-order valence-corrected chi connectivity index (χ1v) is 12.2. The molecule has 3 aromatic rings. The number of anilines is 1.